The summed E-state index contributed by atoms with van der Waals surface area (Å²) in [5, 5.41) is 6.67. The number of nitrogens with one attached hydrogen (secondary N) is 2. The van der Waals surface area contributed by atoms with Crippen molar-refractivity contribution in [2.75, 3.05) is 25.3 Å². The Labute approximate surface area is 219 Å². The Balaban J connectivity index is 1.33. The second-order valence-corrected chi connectivity index (χ2v) is 9.72. The predicted octanol–water partition coefficient (Wildman–Crippen LogP) is 4.79. The van der Waals surface area contributed by atoms with E-state index in [1.807, 2.05) is 13.8 Å². The fraction of sp³-hybridized carbons (Fsp3) is 0.385. The summed E-state index contributed by atoms with van der Waals surface area (Å²) in [6.45, 7) is 4.41. The highest BCUT2D eigenvalue weighted by Gasteiger charge is 2.33. The molecule has 5 rings (SSSR count). The van der Waals surface area contributed by atoms with Crippen LogP contribution in [0.2, 0.25) is 5.02 Å². The molecule has 0 spiro atoms. The van der Waals surface area contributed by atoms with Crippen LogP contribution in [0.5, 0.6) is 23.0 Å². The molecule has 196 valence electrons. The first-order valence-corrected chi connectivity index (χ1v) is 12.4. The van der Waals surface area contributed by atoms with E-state index in [1.165, 1.54) is 0 Å². The third kappa shape index (κ3) is 6.34. The van der Waals surface area contributed by atoms with Crippen LogP contribution >= 0.6 is 11.6 Å². The fourth-order valence-electron chi connectivity index (χ4n) is 3.92. The third-order valence-electron chi connectivity index (χ3n) is 5.83. The van der Waals surface area contributed by atoms with Gasteiger partial charge in [0.2, 0.25) is 0 Å². The van der Waals surface area contributed by atoms with E-state index in [4.69, 9.17) is 41.0 Å². The van der Waals surface area contributed by atoms with E-state index in [2.05, 4.69) is 15.6 Å². The lowest BCUT2D eigenvalue weighted by Gasteiger charge is -2.18. The predicted molar refractivity (Wildman–Crippen MR) is 139 cm³/mol. The van der Waals surface area contributed by atoms with Crippen LogP contribution in [0.1, 0.15) is 26.7 Å². The number of ether oxygens (including phenoxy) is 5. The molecule has 1 saturated carbocycles. The molecule has 2 aliphatic rings. The molecule has 2 aromatic carbocycles. The maximum absolute atomic E-state index is 12.0. The minimum Gasteiger partial charge on any atom is -0.487 e. The lowest BCUT2D eigenvalue weighted by atomic mass is 10.1. The summed E-state index contributed by atoms with van der Waals surface area (Å²) in [5.74, 6) is 1.33. The van der Waals surface area contributed by atoms with Gasteiger partial charge < -0.3 is 34.3 Å². The minimum atomic E-state index is -0.637. The molecule has 11 heteroatoms. The van der Waals surface area contributed by atoms with Crippen molar-refractivity contribution in [3.8, 4) is 23.0 Å². The Morgan fingerprint density at radius 1 is 1.16 bits per heavy atom. The summed E-state index contributed by atoms with van der Waals surface area (Å²) in [7, 11) is 0. The first kappa shape index (κ1) is 25.3. The van der Waals surface area contributed by atoms with E-state index in [0.717, 1.165) is 12.8 Å². The van der Waals surface area contributed by atoms with Crippen LogP contribution in [0.4, 0.5) is 10.5 Å². The van der Waals surface area contributed by atoms with E-state index in [0.29, 0.717) is 51.2 Å². The summed E-state index contributed by atoms with van der Waals surface area (Å²) in [5.41, 5.74) is 6.80. The van der Waals surface area contributed by atoms with Crippen molar-refractivity contribution in [1.29, 1.82) is 0 Å². The van der Waals surface area contributed by atoms with Crippen molar-refractivity contribution < 1.29 is 28.5 Å². The number of carbonyl (C=O) groups is 1. The molecule has 3 aromatic rings. The van der Waals surface area contributed by atoms with E-state index in [1.54, 1.807) is 42.6 Å². The lowest BCUT2D eigenvalue weighted by molar-refractivity contribution is -0.141. The number of halogens is 1. The van der Waals surface area contributed by atoms with Crippen molar-refractivity contribution in [3.05, 3.63) is 47.6 Å². The molecular weight excluding hydrogens is 500 g/mol. The van der Waals surface area contributed by atoms with Gasteiger partial charge in [0.25, 0.3) is 0 Å². The van der Waals surface area contributed by atoms with Gasteiger partial charge in [-0.05, 0) is 51.0 Å². The number of amides is 2. The van der Waals surface area contributed by atoms with Crippen LogP contribution in [0.15, 0.2) is 42.6 Å². The van der Waals surface area contributed by atoms with E-state index < -0.39 is 5.79 Å². The summed E-state index contributed by atoms with van der Waals surface area (Å²) in [4.78, 5) is 16.5. The van der Waals surface area contributed by atoms with E-state index in [9.17, 15) is 4.79 Å². The number of carbonyl (C=O) groups excluding carboxylic acids is 1. The number of nitrogens with two attached hydrogens (primary N) is 1. The van der Waals surface area contributed by atoms with Crippen LogP contribution in [-0.2, 0) is 9.47 Å². The van der Waals surface area contributed by atoms with Crippen molar-refractivity contribution in [3.63, 3.8) is 0 Å². The smallest absolute Gasteiger partial charge is 0.319 e. The van der Waals surface area contributed by atoms with Gasteiger partial charge in [0.05, 0.1) is 22.8 Å². The first-order valence-electron chi connectivity index (χ1n) is 12.0. The average Bonchev–Trinajstić information content (AvgIpc) is 3.60. The topological polar surface area (TPSA) is 126 Å². The molecule has 4 N–H and O–H groups in total. The van der Waals surface area contributed by atoms with Gasteiger partial charge in [-0.1, -0.05) is 11.6 Å². The zero-order chi connectivity index (χ0) is 26.0. The van der Waals surface area contributed by atoms with Gasteiger partial charge in [0.15, 0.2) is 17.3 Å². The van der Waals surface area contributed by atoms with Gasteiger partial charge >= 0.3 is 6.03 Å². The Morgan fingerprint density at radius 2 is 1.97 bits per heavy atom. The fourth-order valence-corrected chi connectivity index (χ4v) is 4.14. The average molecular weight is 529 g/mol. The maximum Gasteiger partial charge on any atom is 0.319 e. The Kier molecular flexibility index (Phi) is 7.25. The van der Waals surface area contributed by atoms with Gasteiger partial charge in [-0.3, -0.25) is 10.7 Å². The Hall–Kier alpha value is -3.31. The van der Waals surface area contributed by atoms with Crippen LogP contribution in [0, 0.1) is 0 Å². The molecule has 2 amide bonds. The molecule has 0 bridgehead atoms. The molecule has 1 saturated heterocycles. The minimum absolute atomic E-state index is 0.0349. The maximum atomic E-state index is 12.0. The molecule has 1 atom stereocenters. The molecule has 1 aromatic heterocycles. The number of hydrogen-bond acceptors (Lipinski definition) is 8. The Bertz CT molecular complexity index is 1300. The molecular formula is C26H29ClN4O6. The largest absolute Gasteiger partial charge is 0.487 e. The number of rotatable bonds is 9. The first-order chi connectivity index (χ1) is 17.8. The number of benzene rings is 2. The SMILES string of the molecule is CC1(C)OC[C@H](COc2cc3nccc(Oc4ccc(NC(=O)NC5CC5)c(Cl)c4)c3cc2OCN)O1. The zero-order valence-electron chi connectivity index (χ0n) is 20.6. The number of urea groups is 1. The molecule has 0 unspecified atom stereocenters. The van der Waals surface area contributed by atoms with E-state index in [-0.39, 0.29) is 31.5 Å². The summed E-state index contributed by atoms with van der Waals surface area (Å²) in [6.07, 6.45) is 3.44. The number of nitrogens with zero attached hydrogens (tertiary/aromatic N) is 1. The van der Waals surface area contributed by atoms with E-state index >= 15 is 0 Å². The van der Waals surface area contributed by atoms with Crippen molar-refractivity contribution in [1.82, 2.24) is 10.3 Å². The van der Waals surface area contributed by atoms with Gasteiger partial charge in [0, 0.05) is 29.8 Å². The highest BCUT2D eigenvalue weighted by Crippen LogP contribution is 2.38. The quantitative estimate of drug-likeness (QED) is 0.338. The highest BCUT2D eigenvalue weighted by molar-refractivity contribution is 6.33. The molecule has 0 radical (unpaired) electrons. The number of aromatic nitrogens is 1. The Morgan fingerprint density at radius 3 is 2.68 bits per heavy atom. The molecule has 37 heavy (non-hydrogen) atoms. The molecule has 2 heterocycles. The number of fused-ring (bicyclic) bond motifs is 1. The van der Waals surface area contributed by atoms with Gasteiger partial charge in [0.1, 0.15) is 30.9 Å². The second-order valence-electron chi connectivity index (χ2n) is 9.31. The number of anilines is 1. The molecule has 1 aliphatic heterocycles. The van der Waals surface area contributed by atoms with Gasteiger partial charge in [-0.25, -0.2) is 4.79 Å². The summed E-state index contributed by atoms with van der Waals surface area (Å²) < 4.78 is 29.2. The van der Waals surface area contributed by atoms with Gasteiger partial charge in [-0.2, -0.15) is 0 Å². The molecule has 10 nitrogen and oxygen atoms in total. The monoisotopic (exact) mass is 528 g/mol. The number of pyridine rings is 1. The van der Waals surface area contributed by atoms with Crippen LogP contribution < -0.4 is 30.6 Å². The highest BCUT2D eigenvalue weighted by atomic mass is 35.5. The summed E-state index contributed by atoms with van der Waals surface area (Å²) in [6, 6.07) is 10.3. The van der Waals surface area contributed by atoms with Crippen LogP contribution in [0.25, 0.3) is 10.9 Å². The van der Waals surface area contributed by atoms with Gasteiger partial charge in [-0.15, -0.1) is 0 Å². The summed E-state index contributed by atoms with van der Waals surface area (Å²) >= 11 is 6.40. The van der Waals surface area contributed by atoms with Crippen molar-refractivity contribution in [2.45, 2.75) is 44.6 Å². The third-order valence-corrected chi connectivity index (χ3v) is 6.14. The van der Waals surface area contributed by atoms with Crippen LogP contribution in [0.3, 0.4) is 0 Å². The standard InChI is InChI=1S/C26H29ClN4O6/c1-26(2)35-13-17(37-26)12-33-24-11-21-18(10-23(24)34-14-28)22(7-8-29-21)36-16-5-6-20(19(27)9-16)31-25(32)30-15-3-4-15/h5-11,15,17H,3-4,12-14,28H2,1-2H3,(H2,30,31,32)/t17-/m0/s1. The molecule has 1 aliphatic carbocycles. The number of hydrogen-bond donors (Lipinski definition) is 3. The zero-order valence-corrected chi connectivity index (χ0v) is 21.3. The van der Waals surface area contributed by atoms with Crippen molar-refractivity contribution >= 4 is 34.2 Å². The van der Waals surface area contributed by atoms with Crippen molar-refractivity contribution in [2.24, 2.45) is 5.73 Å². The normalized spacial score (nSPS) is 18.4. The second kappa shape index (κ2) is 10.6. The lowest BCUT2D eigenvalue weighted by Crippen LogP contribution is -2.30. The van der Waals surface area contributed by atoms with Crippen LogP contribution in [-0.4, -0.2) is 48.9 Å². The molecule has 2 fully saturated rings.